The van der Waals surface area contributed by atoms with Crippen LogP contribution in [-0.4, -0.2) is 11.7 Å². The van der Waals surface area contributed by atoms with Gasteiger partial charge in [-0.2, -0.15) is 0 Å². The monoisotopic (exact) mass is 126 g/mol. The predicted octanol–water partition coefficient (Wildman–Crippen LogP) is -0.499. The molecule has 0 saturated carbocycles. The van der Waals surface area contributed by atoms with Crippen LogP contribution in [0.25, 0.3) is 0 Å². The fourth-order valence-electron chi connectivity index (χ4n) is 0.0755. The molecule has 7 heavy (non-hydrogen) atoms. The first-order chi connectivity index (χ1) is 3.27. The molecule has 0 aliphatic heterocycles. The smallest absolute Gasteiger partial charge is 0.271 e. The van der Waals surface area contributed by atoms with Gasteiger partial charge in [0.05, 0.1) is 0 Å². The average molecular weight is 126 g/mol. The van der Waals surface area contributed by atoms with Crippen molar-refractivity contribution in [3.05, 3.63) is 0 Å². The Balaban J connectivity index is 2.82. The topological polar surface area (TPSA) is 81.8 Å². The molecule has 3 N–H and O–H groups in total. The summed E-state index contributed by atoms with van der Waals surface area (Å²) in [4.78, 5) is 11.6. The summed E-state index contributed by atoms with van der Waals surface area (Å²) < 4.78 is 13.5. The molecule has 5 nitrogen and oxygen atoms in total. The van der Waals surface area contributed by atoms with E-state index in [1.165, 1.54) is 0 Å². The molecule has 0 aliphatic rings. The minimum absolute atomic E-state index is 0.355. The van der Waals surface area contributed by atoms with Gasteiger partial charge in [-0.15, -0.1) is 4.89 Å². The third kappa shape index (κ3) is 5.94. The molecule has 0 heterocycles. The fourth-order valence-corrected chi connectivity index (χ4v) is 0.227. The van der Waals surface area contributed by atoms with E-state index in [0.29, 0.717) is 0 Å². The normalized spacial score (nSPS) is 11.4. The van der Waals surface area contributed by atoms with Crippen molar-refractivity contribution >= 4 is 8.25 Å². The van der Waals surface area contributed by atoms with Crippen LogP contribution in [-0.2, 0) is 13.9 Å². The number of hydrogen-bond acceptors (Lipinski definition) is 4. The molecule has 6 heteroatoms. The average Bonchev–Trinajstić information content (AvgIpc) is 1.61. The largest absolute Gasteiger partial charge is 0.697 e. The molecule has 0 spiro atoms. The van der Waals surface area contributed by atoms with E-state index in [2.05, 4.69) is 15.3 Å². The van der Waals surface area contributed by atoms with Crippen molar-refractivity contribution < 1.29 is 18.8 Å². The van der Waals surface area contributed by atoms with Crippen molar-refractivity contribution in [1.82, 2.24) is 0 Å². The lowest BCUT2D eigenvalue weighted by Gasteiger charge is -1.80. The molecule has 0 aromatic carbocycles. The van der Waals surface area contributed by atoms with E-state index in [1.807, 2.05) is 0 Å². The standard InChI is InChI=1S/CH4NO4P/c2-5-1-6-7(3)4/h1-2H2/p+1. The number of hydrogen-bond donors (Lipinski definition) is 2. The van der Waals surface area contributed by atoms with Crippen LogP contribution < -0.4 is 5.90 Å². The van der Waals surface area contributed by atoms with Gasteiger partial charge in [-0.05, 0) is 0 Å². The Bertz CT molecular complexity index is 64.7. The summed E-state index contributed by atoms with van der Waals surface area (Å²) >= 11 is 0. The molecule has 0 amide bonds. The number of rotatable bonds is 3. The quantitative estimate of drug-likeness (QED) is 0.302. The molecule has 1 atom stereocenters. The van der Waals surface area contributed by atoms with Gasteiger partial charge in [0.1, 0.15) is 0 Å². The Morgan fingerprint density at radius 3 is 2.57 bits per heavy atom. The summed E-state index contributed by atoms with van der Waals surface area (Å²) in [6.45, 7) is -0.355. The van der Waals surface area contributed by atoms with E-state index in [-0.39, 0.29) is 6.79 Å². The Morgan fingerprint density at radius 1 is 1.86 bits per heavy atom. The van der Waals surface area contributed by atoms with Crippen LogP contribution >= 0.6 is 8.25 Å². The molecule has 42 valence electrons. The highest BCUT2D eigenvalue weighted by atomic mass is 31.1. The van der Waals surface area contributed by atoms with Crippen molar-refractivity contribution in [3.63, 3.8) is 0 Å². The van der Waals surface area contributed by atoms with E-state index in [0.717, 1.165) is 0 Å². The van der Waals surface area contributed by atoms with Crippen molar-refractivity contribution in [2.45, 2.75) is 0 Å². The summed E-state index contributed by atoms with van der Waals surface area (Å²) in [7, 11) is -2.56. The molecule has 1 unspecified atom stereocenters. The second-order valence-electron chi connectivity index (χ2n) is 0.651. The highest BCUT2D eigenvalue weighted by Crippen LogP contribution is 2.12. The summed E-state index contributed by atoms with van der Waals surface area (Å²) in [6.07, 6.45) is 0. The first-order valence-electron chi connectivity index (χ1n) is 1.38. The maximum absolute atomic E-state index is 9.55. The van der Waals surface area contributed by atoms with Crippen LogP contribution in [0.3, 0.4) is 0 Å². The van der Waals surface area contributed by atoms with E-state index in [9.17, 15) is 4.57 Å². The highest BCUT2D eigenvalue weighted by molar-refractivity contribution is 7.32. The third-order valence-corrected chi connectivity index (χ3v) is 0.557. The van der Waals surface area contributed by atoms with Crippen LogP contribution in [0.5, 0.6) is 0 Å². The van der Waals surface area contributed by atoms with E-state index in [4.69, 9.17) is 4.89 Å². The number of nitrogens with two attached hydrogens (primary N) is 1. The van der Waals surface area contributed by atoms with Crippen LogP contribution in [0.1, 0.15) is 0 Å². The molecule has 0 bridgehead atoms. The van der Waals surface area contributed by atoms with E-state index in [1.54, 1.807) is 0 Å². The molecule has 0 aliphatic carbocycles. The Labute approximate surface area is 40.9 Å². The van der Waals surface area contributed by atoms with E-state index >= 15 is 0 Å². The maximum Gasteiger partial charge on any atom is 0.697 e. The van der Waals surface area contributed by atoms with Gasteiger partial charge >= 0.3 is 8.25 Å². The maximum atomic E-state index is 9.55. The van der Waals surface area contributed by atoms with E-state index < -0.39 is 8.25 Å². The van der Waals surface area contributed by atoms with Crippen LogP contribution in [0.2, 0.25) is 0 Å². The Morgan fingerprint density at radius 2 is 2.43 bits per heavy atom. The lowest BCUT2D eigenvalue weighted by Crippen LogP contribution is -2.00. The molecule has 0 rings (SSSR count). The van der Waals surface area contributed by atoms with Crippen molar-refractivity contribution in [2.75, 3.05) is 6.79 Å². The van der Waals surface area contributed by atoms with Gasteiger partial charge in [-0.3, -0.25) is 4.84 Å². The minimum Gasteiger partial charge on any atom is -0.271 e. The Hall–Kier alpha value is -0.0600. The van der Waals surface area contributed by atoms with Crippen LogP contribution in [0, 0.1) is 0 Å². The zero-order valence-electron chi connectivity index (χ0n) is 3.40. The van der Waals surface area contributed by atoms with Gasteiger partial charge in [0.25, 0.3) is 0 Å². The molecule has 0 saturated heterocycles. The van der Waals surface area contributed by atoms with Gasteiger partial charge in [0, 0.05) is 4.57 Å². The molecule has 0 aromatic heterocycles. The highest BCUT2D eigenvalue weighted by Gasteiger charge is 2.09. The second-order valence-corrected chi connectivity index (χ2v) is 1.39. The lowest BCUT2D eigenvalue weighted by atomic mass is 11.5. The van der Waals surface area contributed by atoms with Crippen LogP contribution in [0.4, 0.5) is 0 Å². The molecule has 0 fully saturated rings. The van der Waals surface area contributed by atoms with Gasteiger partial charge in [0.15, 0.2) is 0 Å². The zero-order valence-corrected chi connectivity index (χ0v) is 4.30. The van der Waals surface area contributed by atoms with Crippen molar-refractivity contribution in [1.29, 1.82) is 0 Å². The summed E-state index contributed by atoms with van der Waals surface area (Å²) in [6, 6.07) is 0. The first kappa shape index (κ1) is 6.94. The van der Waals surface area contributed by atoms with Gasteiger partial charge in [-0.1, -0.05) is 4.52 Å². The molecular weight excluding hydrogens is 121 g/mol. The van der Waals surface area contributed by atoms with Crippen molar-refractivity contribution in [2.24, 2.45) is 5.90 Å². The van der Waals surface area contributed by atoms with Gasteiger partial charge in [-0.25, -0.2) is 5.90 Å². The Kier molecular flexibility index (Phi) is 4.07. The summed E-state index contributed by atoms with van der Waals surface area (Å²) in [5, 5.41) is 0. The SMILES string of the molecule is NOCO[P+](=O)O. The summed E-state index contributed by atoms with van der Waals surface area (Å²) in [5.74, 6) is 4.41. The van der Waals surface area contributed by atoms with Gasteiger partial charge in [0.2, 0.25) is 6.79 Å². The first-order valence-corrected chi connectivity index (χ1v) is 2.51. The molecule has 0 radical (unpaired) electrons. The predicted molar refractivity (Wildman–Crippen MR) is 21.0 cm³/mol. The second kappa shape index (κ2) is 4.11. The molecular formula is CH5NO4P+. The van der Waals surface area contributed by atoms with Crippen LogP contribution in [0.15, 0.2) is 0 Å². The minimum atomic E-state index is -2.56. The fraction of sp³-hybridized carbons (Fsp3) is 1.00. The van der Waals surface area contributed by atoms with Gasteiger partial charge < -0.3 is 0 Å². The lowest BCUT2D eigenvalue weighted by molar-refractivity contribution is 0.0131. The zero-order chi connectivity index (χ0) is 5.70. The molecule has 0 aromatic rings. The summed E-state index contributed by atoms with van der Waals surface area (Å²) in [5.41, 5.74) is 0. The third-order valence-electron chi connectivity index (χ3n) is 0.231. The van der Waals surface area contributed by atoms with Crippen molar-refractivity contribution in [3.8, 4) is 0 Å².